The highest BCUT2D eigenvalue weighted by atomic mass is 15.1. The van der Waals surface area contributed by atoms with Gasteiger partial charge in [0, 0.05) is 24.0 Å². The Hall–Kier alpha value is -0.830. The van der Waals surface area contributed by atoms with Gasteiger partial charge in [0.2, 0.25) is 0 Å². The molecule has 1 aliphatic heterocycles. The maximum absolute atomic E-state index is 4.34. The predicted molar refractivity (Wildman–Crippen MR) is 66.7 cm³/mol. The Morgan fingerprint density at radius 2 is 2.44 bits per heavy atom. The van der Waals surface area contributed by atoms with E-state index in [9.17, 15) is 0 Å². The van der Waals surface area contributed by atoms with E-state index in [1.54, 1.807) is 0 Å². The van der Waals surface area contributed by atoms with Gasteiger partial charge < -0.3 is 9.88 Å². The van der Waals surface area contributed by atoms with E-state index in [-0.39, 0.29) is 0 Å². The topological polar surface area (TPSA) is 29.9 Å². The Balaban J connectivity index is 2.22. The van der Waals surface area contributed by atoms with Gasteiger partial charge in [0.1, 0.15) is 0 Å². The highest BCUT2D eigenvalue weighted by molar-refractivity contribution is 5.07. The number of hydrogen-bond acceptors (Lipinski definition) is 2. The van der Waals surface area contributed by atoms with Crippen LogP contribution in [0, 0.1) is 0 Å². The summed E-state index contributed by atoms with van der Waals surface area (Å²) < 4.78 is 2.39. The molecule has 1 saturated heterocycles. The number of nitrogens with zero attached hydrogens (tertiary/aromatic N) is 2. The van der Waals surface area contributed by atoms with Crippen LogP contribution in [0.4, 0.5) is 0 Å². The molecule has 1 fully saturated rings. The van der Waals surface area contributed by atoms with E-state index < -0.39 is 0 Å². The number of aromatic nitrogens is 2. The SMILES string of the molecule is CCC(C)c1cncn1C1CCCNC1C. The van der Waals surface area contributed by atoms with Gasteiger partial charge >= 0.3 is 0 Å². The third-order valence-electron chi connectivity index (χ3n) is 3.89. The summed E-state index contributed by atoms with van der Waals surface area (Å²) in [4.78, 5) is 4.34. The molecule has 0 saturated carbocycles. The van der Waals surface area contributed by atoms with Gasteiger partial charge in [-0.2, -0.15) is 0 Å². The first-order chi connectivity index (χ1) is 7.74. The van der Waals surface area contributed by atoms with Crippen LogP contribution in [0.3, 0.4) is 0 Å². The normalized spacial score (nSPS) is 27.9. The second kappa shape index (κ2) is 5.00. The lowest BCUT2D eigenvalue weighted by Crippen LogP contribution is -2.40. The summed E-state index contributed by atoms with van der Waals surface area (Å²) in [5.41, 5.74) is 1.39. The molecule has 3 heteroatoms. The van der Waals surface area contributed by atoms with Crippen molar-refractivity contribution in [2.45, 2.75) is 58.0 Å². The van der Waals surface area contributed by atoms with Crippen molar-refractivity contribution in [1.29, 1.82) is 0 Å². The molecule has 3 atom stereocenters. The van der Waals surface area contributed by atoms with Crippen molar-refractivity contribution in [3.8, 4) is 0 Å². The minimum Gasteiger partial charge on any atom is -0.330 e. The maximum Gasteiger partial charge on any atom is 0.0951 e. The summed E-state index contributed by atoms with van der Waals surface area (Å²) in [7, 11) is 0. The van der Waals surface area contributed by atoms with E-state index in [0.29, 0.717) is 18.0 Å². The molecular formula is C13H23N3. The van der Waals surface area contributed by atoms with Crippen LogP contribution in [0.2, 0.25) is 0 Å². The van der Waals surface area contributed by atoms with Crippen molar-refractivity contribution in [1.82, 2.24) is 14.9 Å². The van der Waals surface area contributed by atoms with E-state index >= 15 is 0 Å². The molecule has 0 spiro atoms. The Morgan fingerprint density at radius 3 is 3.12 bits per heavy atom. The zero-order valence-electron chi connectivity index (χ0n) is 10.6. The average Bonchev–Trinajstić information content (AvgIpc) is 2.77. The van der Waals surface area contributed by atoms with Gasteiger partial charge in [-0.1, -0.05) is 13.8 Å². The lowest BCUT2D eigenvalue weighted by molar-refractivity contribution is 0.288. The maximum atomic E-state index is 4.34. The molecule has 1 aromatic rings. The second-order valence-corrected chi connectivity index (χ2v) is 4.99. The summed E-state index contributed by atoms with van der Waals surface area (Å²) >= 11 is 0. The largest absolute Gasteiger partial charge is 0.330 e. The van der Waals surface area contributed by atoms with Gasteiger partial charge in [0.15, 0.2) is 0 Å². The van der Waals surface area contributed by atoms with Gasteiger partial charge in [-0.05, 0) is 38.6 Å². The summed E-state index contributed by atoms with van der Waals surface area (Å²) in [5.74, 6) is 0.608. The minimum atomic E-state index is 0.561. The highest BCUT2D eigenvalue weighted by Gasteiger charge is 2.24. The van der Waals surface area contributed by atoms with Crippen LogP contribution < -0.4 is 5.32 Å². The fourth-order valence-electron chi connectivity index (χ4n) is 2.59. The zero-order chi connectivity index (χ0) is 11.5. The summed E-state index contributed by atoms with van der Waals surface area (Å²) in [6.45, 7) is 7.97. The molecule has 1 aromatic heterocycles. The van der Waals surface area contributed by atoms with Gasteiger partial charge in [-0.15, -0.1) is 0 Å². The summed E-state index contributed by atoms with van der Waals surface area (Å²) in [5, 5.41) is 3.56. The molecule has 90 valence electrons. The lowest BCUT2D eigenvalue weighted by atomic mass is 9.97. The first-order valence-electron chi connectivity index (χ1n) is 6.49. The van der Waals surface area contributed by atoms with Crippen LogP contribution in [0.5, 0.6) is 0 Å². The first kappa shape index (κ1) is 11.6. The minimum absolute atomic E-state index is 0.561. The van der Waals surface area contributed by atoms with Crippen molar-refractivity contribution < 1.29 is 0 Å². The number of piperidine rings is 1. The fraction of sp³-hybridized carbons (Fsp3) is 0.769. The zero-order valence-corrected chi connectivity index (χ0v) is 10.6. The van der Waals surface area contributed by atoms with Gasteiger partial charge in [0.05, 0.1) is 6.33 Å². The molecule has 0 aromatic carbocycles. The number of nitrogens with one attached hydrogen (secondary N) is 1. The van der Waals surface area contributed by atoms with Crippen molar-refractivity contribution >= 4 is 0 Å². The molecule has 3 nitrogen and oxygen atoms in total. The lowest BCUT2D eigenvalue weighted by Gasteiger charge is -2.32. The van der Waals surface area contributed by atoms with E-state index in [0.717, 1.165) is 6.54 Å². The van der Waals surface area contributed by atoms with E-state index in [4.69, 9.17) is 0 Å². The third-order valence-corrected chi connectivity index (χ3v) is 3.89. The second-order valence-electron chi connectivity index (χ2n) is 4.99. The van der Waals surface area contributed by atoms with Crippen LogP contribution in [0.25, 0.3) is 0 Å². The molecule has 1 aliphatic rings. The molecule has 0 aliphatic carbocycles. The van der Waals surface area contributed by atoms with E-state index in [1.807, 2.05) is 12.5 Å². The van der Waals surface area contributed by atoms with E-state index in [2.05, 4.69) is 35.6 Å². The predicted octanol–water partition coefficient (Wildman–Crippen LogP) is 2.71. The van der Waals surface area contributed by atoms with Gasteiger partial charge in [-0.25, -0.2) is 4.98 Å². The number of imidazole rings is 1. The third kappa shape index (κ3) is 2.14. The molecule has 0 amide bonds. The molecule has 0 radical (unpaired) electrons. The van der Waals surface area contributed by atoms with Crippen LogP contribution >= 0.6 is 0 Å². The van der Waals surface area contributed by atoms with Crippen molar-refractivity contribution in [2.75, 3.05) is 6.54 Å². The highest BCUT2D eigenvalue weighted by Crippen LogP contribution is 2.27. The van der Waals surface area contributed by atoms with E-state index in [1.165, 1.54) is 25.0 Å². The first-order valence-corrected chi connectivity index (χ1v) is 6.49. The summed E-state index contributed by atoms with van der Waals surface area (Å²) in [6.07, 6.45) is 7.77. The Kier molecular flexibility index (Phi) is 3.64. The summed E-state index contributed by atoms with van der Waals surface area (Å²) in [6, 6.07) is 1.14. The fourth-order valence-corrected chi connectivity index (χ4v) is 2.59. The number of hydrogen-bond donors (Lipinski definition) is 1. The van der Waals surface area contributed by atoms with Crippen LogP contribution in [-0.4, -0.2) is 22.1 Å². The van der Waals surface area contributed by atoms with Gasteiger partial charge in [-0.3, -0.25) is 0 Å². The molecule has 0 bridgehead atoms. The molecule has 1 N–H and O–H groups in total. The quantitative estimate of drug-likeness (QED) is 0.850. The number of rotatable bonds is 3. The Bertz CT molecular complexity index is 332. The molecule has 3 unspecified atom stereocenters. The van der Waals surface area contributed by atoms with Crippen LogP contribution in [0.1, 0.15) is 57.7 Å². The van der Waals surface area contributed by atoms with Crippen molar-refractivity contribution in [2.24, 2.45) is 0 Å². The molecule has 2 rings (SSSR count). The Labute approximate surface area is 98.3 Å². The van der Waals surface area contributed by atoms with Crippen LogP contribution in [-0.2, 0) is 0 Å². The van der Waals surface area contributed by atoms with Crippen LogP contribution in [0.15, 0.2) is 12.5 Å². The molecule has 16 heavy (non-hydrogen) atoms. The van der Waals surface area contributed by atoms with Crippen molar-refractivity contribution in [3.05, 3.63) is 18.2 Å². The standard InChI is InChI=1S/C13H23N3/c1-4-10(2)13-8-14-9-16(13)12-6-5-7-15-11(12)3/h8-12,15H,4-7H2,1-3H3. The molecule has 2 heterocycles. The average molecular weight is 221 g/mol. The Morgan fingerprint density at radius 1 is 1.62 bits per heavy atom. The van der Waals surface area contributed by atoms with Gasteiger partial charge in [0.25, 0.3) is 0 Å². The smallest absolute Gasteiger partial charge is 0.0951 e. The molecular weight excluding hydrogens is 198 g/mol. The monoisotopic (exact) mass is 221 g/mol. The van der Waals surface area contributed by atoms with Crippen molar-refractivity contribution in [3.63, 3.8) is 0 Å².